The Hall–Kier alpha value is -0.710. The normalized spacial score (nSPS) is 22.7. The summed E-state index contributed by atoms with van der Waals surface area (Å²) in [7, 11) is 4.25. The average Bonchev–Trinajstić information content (AvgIpc) is 2.31. The molecule has 100 valence electrons. The molecule has 0 amide bonds. The summed E-state index contributed by atoms with van der Waals surface area (Å²) in [6.45, 7) is 7.32. The summed E-state index contributed by atoms with van der Waals surface area (Å²) in [6.07, 6.45) is 0. The third kappa shape index (κ3) is 2.99. The number of piperazine rings is 1. The lowest BCUT2D eigenvalue weighted by Gasteiger charge is -2.36. The highest BCUT2D eigenvalue weighted by Gasteiger charge is 2.26. The molecular formula is C13H21ClN4. The van der Waals surface area contributed by atoms with E-state index in [4.69, 9.17) is 11.6 Å². The molecule has 0 saturated carbocycles. The van der Waals surface area contributed by atoms with Crippen molar-refractivity contribution in [3.63, 3.8) is 0 Å². The van der Waals surface area contributed by atoms with Gasteiger partial charge in [-0.1, -0.05) is 25.4 Å². The summed E-state index contributed by atoms with van der Waals surface area (Å²) < 4.78 is 0. The minimum atomic E-state index is 0.236. The van der Waals surface area contributed by atoms with Crippen LogP contribution in [-0.4, -0.2) is 53.5 Å². The van der Waals surface area contributed by atoms with Gasteiger partial charge in [-0.2, -0.15) is 0 Å². The highest BCUT2D eigenvalue weighted by atomic mass is 35.5. The fraction of sp³-hybridized carbons (Fsp3) is 0.692. The molecular weight excluding hydrogens is 248 g/mol. The molecule has 18 heavy (non-hydrogen) atoms. The maximum atomic E-state index is 6.11. The topological polar surface area (TPSA) is 32.3 Å². The first-order valence-electron chi connectivity index (χ1n) is 6.40. The zero-order valence-electron chi connectivity index (χ0n) is 11.5. The molecule has 5 heteroatoms. The van der Waals surface area contributed by atoms with E-state index in [2.05, 4.69) is 47.7 Å². The van der Waals surface area contributed by atoms with Crippen LogP contribution in [0.15, 0.2) is 6.07 Å². The van der Waals surface area contributed by atoms with Gasteiger partial charge in [-0.15, -0.1) is 0 Å². The Bertz CT molecular complexity index is 421. The van der Waals surface area contributed by atoms with E-state index in [9.17, 15) is 0 Å². The molecule has 1 saturated heterocycles. The van der Waals surface area contributed by atoms with Crippen molar-refractivity contribution in [1.29, 1.82) is 0 Å². The summed E-state index contributed by atoms with van der Waals surface area (Å²) >= 11 is 6.11. The van der Waals surface area contributed by atoms with Crippen LogP contribution in [0.4, 0.5) is 0 Å². The largest absolute Gasteiger partial charge is 0.303 e. The van der Waals surface area contributed by atoms with Gasteiger partial charge in [-0.3, -0.25) is 4.90 Å². The molecule has 2 heterocycles. The van der Waals surface area contributed by atoms with Crippen LogP contribution in [0.1, 0.15) is 37.3 Å². The third-order valence-corrected chi connectivity index (χ3v) is 3.67. The van der Waals surface area contributed by atoms with Crippen molar-refractivity contribution in [3.05, 3.63) is 22.7 Å². The Morgan fingerprint density at radius 2 is 2.00 bits per heavy atom. The van der Waals surface area contributed by atoms with Crippen LogP contribution >= 0.6 is 11.6 Å². The quantitative estimate of drug-likeness (QED) is 0.770. The van der Waals surface area contributed by atoms with Crippen LogP contribution in [0, 0.1) is 0 Å². The van der Waals surface area contributed by atoms with Gasteiger partial charge in [-0.05, 0) is 26.1 Å². The number of likely N-dealkylation sites (N-methyl/N-ethyl adjacent to an activating group) is 2. The second-order valence-electron chi connectivity index (χ2n) is 5.39. The van der Waals surface area contributed by atoms with E-state index in [0.717, 1.165) is 31.2 Å². The molecule has 4 nitrogen and oxygen atoms in total. The monoisotopic (exact) mass is 268 g/mol. The Kier molecular flexibility index (Phi) is 4.20. The standard InChI is InChI=1S/C13H21ClN4/c1-9(2)10-7-12(14)16-13(15-10)11-8-17(3)5-6-18(11)4/h7,9,11H,5-6,8H2,1-4H3. The second-order valence-corrected chi connectivity index (χ2v) is 5.77. The lowest BCUT2D eigenvalue weighted by atomic mass is 10.1. The molecule has 0 N–H and O–H groups in total. The van der Waals surface area contributed by atoms with Crippen LogP contribution in [-0.2, 0) is 0 Å². The van der Waals surface area contributed by atoms with Gasteiger partial charge in [0.1, 0.15) is 11.0 Å². The number of aromatic nitrogens is 2. The van der Waals surface area contributed by atoms with Crippen LogP contribution in [0.5, 0.6) is 0 Å². The van der Waals surface area contributed by atoms with Gasteiger partial charge < -0.3 is 4.90 Å². The summed E-state index contributed by atoms with van der Waals surface area (Å²) in [6, 6.07) is 2.10. The Labute approximate surface area is 114 Å². The zero-order chi connectivity index (χ0) is 13.3. The Morgan fingerprint density at radius 1 is 1.28 bits per heavy atom. The fourth-order valence-corrected chi connectivity index (χ4v) is 2.39. The second kappa shape index (κ2) is 5.51. The smallest absolute Gasteiger partial charge is 0.148 e. The molecule has 1 aromatic heterocycles. The predicted octanol–water partition coefficient (Wildman–Crippen LogP) is 2.17. The fourth-order valence-electron chi connectivity index (χ4n) is 2.19. The van der Waals surface area contributed by atoms with E-state index >= 15 is 0 Å². The minimum absolute atomic E-state index is 0.236. The molecule has 0 aromatic carbocycles. The highest BCUT2D eigenvalue weighted by molar-refractivity contribution is 6.29. The number of nitrogens with zero attached hydrogens (tertiary/aromatic N) is 4. The molecule has 1 aliphatic heterocycles. The van der Waals surface area contributed by atoms with Crippen LogP contribution < -0.4 is 0 Å². The van der Waals surface area contributed by atoms with E-state index in [1.54, 1.807) is 0 Å². The van der Waals surface area contributed by atoms with E-state index in [1.165, 1.54) is 0 Å². The van der Waals surface area contributed by atoms with Crippen molar-refractivity contribution >= 4 is 11.6 Å². The number of hydrogen-bond donors (Lipinski definition) is 0. The average molecular weight is 269 g/mol. The number of halogens is 1. The molecule has 1 aliphatic rings. The lowest BCUT2D eigenvalue weighted by Crippen LogP contribution is -2.45. The maximum Gasteiger partial charge on any atom is 0.148 e. The molecule has 0 spiro atoms. The molecule has 1 atom stereocenters. The first-order chi connectivity index (χ1) is 8.47. The first kappa shape index (κ1) is 13.7. The summed E-state index contributed by atoms with van der Waals surface area (Å²) in [5.41, 5.74) is 1.02. The van der Waals surface area contributed by atoms with Crippen LogP contribution in [0.3, 0.4) is 0 Å². The van der Waals surface area contributed by atoms with E-state index in [0.29, 0.717) is 11.1 Å². The Morgan fingerprint density at radius 3 is 2.67 bits per heavy atom. The van der Waals surface area contributed by atoms with Gasteiger partial charge in [0.25, 0.3) is 0 Å². The SMILES string of the molecule is CC(C)c1cc(Cl)nc(C2CN(C)CCN2C)n1. The van der Waals surface area contributed by atoms with E-state index < -0.39 is 0 Å². The van der Waals surface area contributed by atoms with Crippen LogP contribution in [0.25, 0.3) is 0 Å². The molecule has 0 radical (unpaired) electrons. The molecule has 0 aliphatic carbocycles. The molecule has 2 rings (SSSR count). The van der Waals surface area contributed by atoms with Gasteiger partial charge in [-0.25, -0.2) is 9.97 Å². The van der Waals surface area contributed by atoms with Crippen molar-refractivity contribution in [1.82, 2.24) is 19.8 Å². The highest BCUT2D eigenvalue weighted by Crippen LogP contribution is 2.24. The van der Waals surface area contributed by atoms with Crippen molar-refractivity contribution in [2.24, 2.45) is 0 Å². The molecule has 1 aromatic rings. The van der Waals surface area contributed by atoms with Gasteiger partial charge in [0, 0.05) is 25.3 Å². The molecule has 1 fully saturated rings. The zero-order valence-corrected chi connectivity index (χ0v) is 12.3. The molecule has 1 unspecified atom stereocenters. The summed E-state index contributed by atoms with van der Waals surface area (Å²) in [5, 5.41) is 0.547. The van der Waals surface area contributed by atoms with Crippen molar-refractivity contribution < 1.29 is 0 Å². The summed E-state index contributed by atoms with van der Waals surface area (Å²) in [5.74, 6) is 1.22. The summed E-state index contributed by atoms with van der Waals surface area (Å²) in [4.78, 5) is 13.7. The van der Waals surface area contributed by atoms with Gasteiger partial charge in [0.05, 0.1) is 6.04 Å². The third-order valence-electron chi connectivity index (χ3n) is 3.47. The number of rotatable bonds is 2. The molecule has 0 bridgehead atoms. The van der Waals surface area contributed by atoms with E-state index in [1.807, 2.05) is 6.07 Å². The van der Waals surface area contributed by atoms with Crippen molar-refractivity contribution in [2.45, 2.75) is 25.8 Å². The van der Waals surface area contributed by atoms with Crippen LogP contribution in [0.2, 0.25) is 5.15 Å². The lowest BCUT2D eigenvalue weighted by molar-refractivity contribution is 0.109. The van der Waals surface area contributed by atoms with Gasteiger partial charge in [0.15, 0.2) is 0 Å². The van der Waals surface area contributed by atoms with Crippen molar-refractivity contribution in [3.8, 4) is 0 Å². The first-order valence-corrected chi connectivity index (χ1v) is 6.78. The number of hydrogen-bond acceptors (Lipinski definition) is 4. The maximum absolute atomic E-state index is 6.11. The van der Waals surface area contributed by atoms with Gasteiger partial charge in [0.2, 0.25) is 0 Å². The predicted molar refractivity (Wildman–Crippen MR) is 74.0 cm³/mol. The minimum Gasteiger partial charge on any atom is -0.303 e. The van der Waals surface area contributed by atoms with Crippen molar-refractivity contribution in [2.75, 3.05) is 33.7 Å². The van der Waals surface area contributed by atoms with Gasteiger partial charge >= 0.3 is 0 Å². The Balaban J connectivity index is 2.31. The van der Waals surface area contributed by atoms with E-state index in [-0.39, 0.29) is 6.04 Å².